The molecule has 26 heavy (non-hydrogen) atoms. The smallest absolute Gasteiger partial charge is 0.338 e. The van der Waals surface area contributed by atoms with Crippen LogP contribution < -0.4 is 0 Å². The molecule has 0 atom stereocenters. The summed E-state index contributed by atoms with van der Waals surface area (Å²) < 4.78 is 11.7. The van der Waals surface area contributed by atoms with Crippen LogP contribution in [0.4, 0.5) is 0 Å². The molecule has 0 saturated carbocycles. The van der Waals surface area contributed by atoms with E-state index in [1.165, 1.54) is 0 Å². The molecule has 0 aliphatic rings. The van der Waals surface area contributed by atoms with Gasteiger partial charge in [-0.1, -0.05) is 51.1 Å². The Morgan fingerprint density at radius 3 is 2.31 bits per heavy atom. The van der Waals surface area contributed by atoms with Crippen LogP contribution in [0.3, 0.4) is 0 Å². The Morgan fingerprint density at radius 2 is 1.69 bits per heavy atom. The average molecular weight is 370 g/mol. The largest absolute Gasteiger partial charge is 0.457 e. The van der Waals surface area contributed by atoms with Gasteiger partial charge in [0.2, 0.25) is 0 Å². The second-order valence-corrected chi connectivity index (χ2v) is 12.9. The predicted molar refractivity (Wildman–Crippen MR) is 108 cm³/mol. The maximum absolute atomic E-state index is 12.1. The van der Waals surface area contributed by atoms with E-state index in [0.717, 1.165) is 16.7 Å². The zero-order chi connectivity index (χ0) is 19.4. The molecule has 0 saturated heterocycles. The Hall–Kier alpha value is -1.91. The van der Waals surface area contributed by atoms with Gasteiger partial charge in [0, 0.05) is 0 Å². The van der Waals surface area contributed by atoms with E-state index < -0.39 is 8.32 Å². The lowest BCUT2D eigenvalue weighted by Gasteiger charge is -2.36. The van der Waals surface area contributed by atoms with Gasteiger partial charge in [0.05, 0.1) is 12.2 Å². The van der Waals surface area contributed by atoms with Crippen LogP contribution in [-0.4, -0.2) is 14.3 Å². The van der Waals surface area contributed by atoms with Crippen molar-refractivity contribution in [2.45, 2.75) is 52.1 Å². The van der Waals surface area contributed by atoms with Crippen molar-refractivity contribution in [1.29, 1.82) is 0 Å². The van der Waals surface area contributed by atoms with Gasteiger partial charge >= 0.3 is 5.97 Å². The van der Waals surface area contributed by atoms with Crippen molar-refractivity contribution >= 4 is 14.3 Å². The van der Waals surface area contributed by atoms with E-state index in [1.54, 1.807) is 12.1 Å². The van der Waals surface area contributed by atoms with Crippen molar-refractivity contribution in [3.8, 4) is 0 Å². The lowest BCUT2D eigenvalue weighted by molar-refractivity contribution is 0.0472. The number of rotatable bonds is 6. The molecule has 0 amide bonds. The fourth-order valence-electron chi connectivity index (χ4n) is 2.18. The molecule has 0 aliphatic heterocycles. The third kappa shape index (κ3) is 5.29. The molecule has 0 aliphatic carbocycles. The topological polar surface area (TPSA) is 35.5 Å². The van der Waals surface area contributed by atoms with Crippen LogP contribution in [0.15, 0.2) is 48.5 Å². The Balaban J connectivity index is 2.02. The third-order valence-corrected chi connectivity index (χ3v) is 9.52. The highest BCUT2D eigenvalue weighted by Crippen LogP contribution is 2.37. The Labute approximate surface area is 158 Å². The maximum atomic E-state index is 12.1. The van der Waals surface area contributed by atoms with Gasteiger partial charge in [-0.25, -0.2) is 4.79 Å². The van der Waals surface area contributed by atoms with Gasteiger partial charge in [0.25, 0.3) is 0 Å². The van der Waals surface area contributed by atoms with E-state index in [-0.39, 0.29) is 17.6 Å². The molecule has 0 aromatic heterocycles. The predicted octanol–water partition coefficient (Wildman–Crippen LogP) is 5.75. The molecular weight excluding hydrogens is 340 g/mol. The highest BCUT2D eigenvalue weighted by atomic mass is 28.4. The minimum atomic E-state index is -1.80. The average Bonchev–Trinajstić information content (AvgIpc) is 2.59. The first kappa shape index (κ1) is 20.4. The summed E-state index contributed by atoms with van der Waals surface area (Å²) in [7, 11) is -1.80. The van der Waals surface area contributed by atoms with E-state index in [2.05, 4.69) is 40.8 Å². The van der Waals surface area contributed by atoms with Gasteiger partial charge in [-0.2, -0.15) is 0 Å². The number of ether oxygens (including phenoxy) is 1. The number of carbonyl (C=O) groups is 1. The summed E-state index contributed by atoms with van der Waals surface area (Å²) in [4.78, 5) is 12.1. The van der Waals surface area contributed by atoms with Crippen molar-refractivity contribution in [3.05, 3.63) is 77.7 Å². The van der Waals surface area contributed by atoms with Crippen LogP contribution in [0, 0.1) is 6.92 Å². The van der Waals surface area contributed by atoms with E-state index >= 15 is 0 Å². The van der Waals surface area contributed by atoms with Crippen LogP contribution in [0.25, 0.3) is 0 Å². The molecule has 1 radical (unpaired) electrons. The molecule has 0 fully saturated rings. The van der Waals surface area contributed by atoms with Gasteiger partial charge in [0.1, 0.15) is 6.61 Å². The van der Waals surface area contributed by atoms with E-state index in [4.69, 9.17) is 9.16 Å². The fourth-order valence-corrected chi connectivity index (χ4v) is 3.15. The Kier molecular flexibility index (Phi) is 6.42. The van der Waals surface area contributed by atoms with Gasteiger partial charge in [0.15, 0.2) is 8.32 Å². The SMILES string of the molecule is [CH2]c1ccc(CO[Si](C)(C)C(C)(C)C)cc1COC(=O)c1ccccc1. The molecule has 3 nitrogen and oxygen atoms in total. The molecule has 0 heterocycles. The quantitative estimate of drug-likeness (QED) is 0.480. The van der Waals surface area contributed by atoms with Crippen molar-refractivity contribution in [2.75, 3.05) is 0 Å². The van der Waals surface area contributed by atoms with Crippen molar-refractivity contribution < 1.29 is 14.0 Å². The van der Waals surface area contributed by atoms with E-state index in [9.17, 15) is 4.79 Å². The first-order valence-electron chi connectivity index (χ1n) is 8.90. The molecular formula is C22H29O3Si. The van der Waals surface area contributed by atoms with Crippen LogP contribution >= 0.6 is 0 Å². The van der Waals surface area contributed by atoms with Crippen molar-refractivity contribution in [2.24, 2.45) is 0 Å². The minimum Gasteiger partial charge on any atom is -0.457 e. The van der Waals surface area contributed by atoms with Crippen LogP contribution in [0.1, 0.15) is 47.8 Å². The fraction of sp³-hybridized carbons (Fsp3) is 0.364. The van der Waals surface area contributed by atoms with Crippen molar-refractivity contribution in [3.63, 3.8) is 0 Å². The highest BCUT2D eigenvalue weighted by Gasteiger charge is 2.37. The standard InChI is InChI=1S/C22H29O3Si/c1-17-12-13-18(15-25-26(5,6)22(2,3)4)14-20(17)16-24-21(23)19-10-8-7-9-11-19/h7-14H,1,15-16H2,2-6H3. The second kappa shape index (κ2) is 8.19. The molecule has 0 spiro atoms. The van der Waals surface area contributed by atoms with Gasteiger partial charge < -0.3 is 9.16 Å². The molecule has 2 aromatic carbocycles. The lowest BCUT2D eigenvalue weighted by Crippen LogP contribution is -2.40. The molecule has 0 N–H and O–H groups in total. The first-order valence-corrected chi connectivity index (χ1v) is 11.8. The lowest BCUT2D eigenvalue weighted by atomic mass is 10.1. The highest BCUT2D eigenvalue weighted by molar-refractivity contribution is 6.74. The maximum Gasteiger partial charge on any atom is 0.338 e. The molecule has 2 aromatic rings. The van der Waals surface area contributed by atoms with Gasteiger partial charge in [-0.3, -0.25) is 0 Å². The summed E-state index contributed by atoms with van der Waals surface area (Å²) in [5.74, 6) is -0.326. The van der Waals surface area contributed by atoms with E-state index in [0.29, 0.717) is 12.2 Å². The summed E-state index contributed by atoms with van der Waals surface area (Å²) in [6.07, 6.45) is 0. The zero-order valence-electron chi connectivity index (χ0n) is 16.5. The third-order valence-electron chi connectivity index (χ3n) is 5.04. The van der Waals surface area contributed by atoms with E-state index in [1.807, 2.05) is 36.4 Å². The molecule has 0 bridgehead atoms. The zero-order valence-corrected chi connectivity index (χ0v) is 17.5. The number of benzene rings is 2. The summed E-state index contributed by atoms with van der Waals surface area (Å²) in [6.45, 7) is 16.0. The summed E-state index contributed by atoms with van der Waals surface area (Å²) in [5, 5.41) is 0.174. The normalized spacial score (nSPS) is 12.1. The van der Waals surface area contributed by atoms with Crippen LogP contribution in [0.2, 0.25) is 18.1 Å². The van der Waals surface area contributed by atoms with Crippen molar-refractivity contribution in [1.82, 2.24) is 0 Å². The molecule has 4 heteroatoms. The summed E-state index contributed by atoms with van der Waals surface area (Å²) >= 11 is 0. The monoisotopic (exact) mass is 369 g/mol. The number of hydrogen-bond acceptors (Lipinski definition) is 3. The van der Waals surface area contributed by atoms with Crippen LogP contribution in [0.5, 0.6) is 0 Å². The first-order chi connectivity index (χ1) is 12.1. The Morgan fingerprint density at radius 1 is 1.04 bits per heavy atom. The van der Waals surface area contributed by atoms with Crippen LogP contribution in [-0.2, 0) is 22.4 Å². The number of carbonyl (C=O) groups excluding carboxylic acids is 1. The van der Waals surface area contributed by atoms with Gasteiger partial charge in [-0.05, 0) is 59.9 Å². The molecule has 2 rings (SSSR count). The van der Waals surface area contributed by atoms with Gasteiger partial charge in [-0.15, -0.1) is 0 Å². The minimum absolute atomic E-state index is 0.174. The molecule has 0 unspecified atom stereocenters. The molecule has 139 valence electrons. The summed E-state index contributed by atoms with van der Waals surface area (Å²) in [6, 6.07) is 15.0. The summed E-state index contributed by atoms with van der Waals surface area (Å²) in [5.41, 5.74) is 3.40. The second-order valence-electron chi connectivity index (χ2n) is 8.09. The number of esters is 1. The Bertz CT molecular complexity index is 746. The number of hydrogen-bond donors (Lipinski definition) is 0.